The second-order valence-corrected chi connectivity index (χ2v) is 10.1. The minimum atomic E-state index is -4.56. The molecule has 4 N–H and O–H groups in total. The Hall–Kier alpha value is -2.52. The molecule has 5 aliphatic rings. The van der Waals surface area contributed by atoms with Gasteiger partial charge in [-0.15, -0.1) is 0 Å². The van der Waals surface area contributed by atoms with Crippen LogP contribution in [0.3, 0.4) is 0 Å². The minimum Gasteiger partial charge on any atom is -0.465 e. The van der Waals surface area contributed by atoms with Crippen LogP contribution in [-0.4, -0.2) is 45.6 Å². The molecule has 32 heavy (non-hydrogen) atoms. The first-order chi connectivity index (χ1) is 15.1. The summed E-state index contributed by atoms with van der Waals surface area (Å²) in [5.41, 5.74) is 4.42. The molecule has 1 saturated heterocycles. The van der Waals surface area contributed by atoms with E-state index in [9.17, 15) is 27.9 Å². The van der Waals surface area contributed by atoms with Crippen molar-refractivity contribution in [1.29, 1.82) is 0 Å². The van der Waals surface area contributed by atoms with Gasteiger partial charge in [0.05, 0.1) is 17.6 Å². The van der Waals surface area contributed by atoms with Gasteiger partial charge in [-0.25, -0.2) is 9.78 Å². The Morgan fingerprint density at radius 3 is 2.50 bits per heavy atom. The monoisotopic (exact) mass is 452 g/mol. The number of anilines is 1. The van der Waals surface area contributed by atoms with Crippen LogP contribution in [0.5, 0.6) is 0 Å². The quantitative estimate of drug-likeness (QED) is 0.647. The Bertz CT molecular complexity index is 923. The van der Waals surface area contributed by atoms with E-state index < -0.39 is 35.3 Å². The van der Waals surface area contributed by atoms with Crippen LogP contribution in [0.1, 0.15) is 44.1 Å². The zero-order valence-electron chi connectivity index (χ0n) is 17.5. The first-order valence-corrected chi connectivity index (χ1v) is 11.2. The van der Waals surface area contributed by atoms with Crippen LogP contribution in [0.2, 0.25) is 0 Å². The highest BCUT2D eigenvalue weighted by atomic mass is 19.4. The van der Waals surface area contributed by atoms with Gasteiger partial charge in [0, 0.05) is 18.2 Å². The number of likely N-dealkylation sites (tertiary alicyclic amines) is 1. The van der Waals surface area contributed by atoms with Crippen molar-refractivity contribution in [3.8, 4) is 0 Å². The molecule has 4 aliphatic carbocycles. The van der Waals surface area contributed by atoms with Crippen molar-refractivity contribution in [3.63, 3.8) is 0 Å². The van der Waals surface area contributed by atoms with Gasteiger partial charge >= 0.3 is 12.3 Å². The number of hydrogen-bond acceptors (Lipinski definition) is 4. The number of pyridine rings is 1. The predicted octanol–water partition coefficient (Wildman–Crippen LogP) is 3.56. The van der Waals surface area contributed by atoms with Gasteiger partial charge < -0.3 is 21.1 Å². The normalized spacial score (nSPS) is 38.2. The molecule has 4 bridgehead atoms. The van der Waals surface area contributed by atoms with Gasteiger partial charge in [0.25, 0.3) is 0 Å². The van der Waals surface area contributed by atoms with Crippen molar-refractivity contribution in [2.45, 2.75) is 56.8 Å². The van der Waals surface area contributed by atoms with Gasteiger partial charge in [-0.1, -0.05) is 0 Å². The summed E-state index contributed by atoms with van der Waals surface area (Å²) in [5.74, 6) is 0.167. The van der Waals surface area contributed by atoms with Crippen LogP contribution in [0, 0.1) is 29.1 Å². The molecule has 4 unspecified atom stereocenters. The number of aromatic nitrogens is 1. The molecule has 10 heteroatoms. The van der Waals surface area contributed by atoms with Crippen molar-refractivity contribution in [3.05, 3.63) is 23.9 Å². The van der Waals surface area contributed by atoms with E-state index in [2.05, 4.69) is 10.3 Å². The standard InChI is InChI=1S/C22H27F3N4O3/c23-22(24,25)14-2-1-4-27-18(14)28-15-3-5-29(20(31)32)17(15)16-12-6-11-7-13(16)10-21(8-11,9-12)19(26)30/h1-2,4,11-13,15-17H,3,5-10H2,(H2,26,30)(H,27,28)(H,31,32)/t11?,12-,13?,15?,16?,17-,21-/m0/s1. The molecule has 174 valence electrons. The number of nitrogens with two attached hydrogens (primary N) is 1. The number of carbonyl (C=O) groups excluding carboxylic acids is 1. The smallest absolute Gasteiger partial charge is 0.419 e. The predicted molar refractivity (Wildman–Crippen MR) is 108 cm³/mol. The van der Waals surface area contributed by atoms with Gasteiger partial charge in [0.15, 0.2) is 0 Å². The van der Waals surface area contributed by atoms with Crippen molar-refractivity contribution in [2.75, 3.05) is 11.9 Å². The van der Waals surface area contributed by atoms with E-state index in [0.717, 1.165) is 25.3 Å². The van der Waals surface area contributed by atoms with Crippen LogP contribution in [0.25, 0.3) is 0 Å². The molecule has 7 atom stereocenters. The molecule has 0 radical (unpaired) electrons. The second kappa shape index (κ2) is 7.25. The van der Waals surface area contributed by atoms with E-state index >= 15 is 0 Å². The number of carbonyl (C=O) groups is 2. The molecule has 2 amide bonds. The molecule has 1 aromatic heterocycles. The van der Waals surface area contributed by atoms with E-state index in [1.807, 2.05) is 0 Å². The number of carboxylic acid groups (broad SMARTS) is 1. The highest BCUT2D eigenvalue weighted by Gasteiger charge is 2.61. The molecule has 5 fully saturated rings. The van der Waals surface area contributed by atoms with Gasteiger partial charge in [-0.05, 0) is 74.3 Å². The number of amides is 2. The zero-order chi connectivity index (χ0) is 22.8. The first kappa shape index (κ1) is 21.3. The lowest BCUT2D eigenvalue weighted by Crippen LogP contribution is -2.61. The molecule has 6 rings (SSSR count). The molecule has 0 spiro atoms. The maximum absolute atomic E-state index is 13.5. The van der Waals surface area contributed by atoms with E-state index in [4.69, 9.17) is 5.73 Å². The van der Waals surface area contributed by atoms with Crippen molar-refractivity contribution < 1.29 is 27.9 Å². The highest BCUT2D eigenvalue weighted by Crippen LogP contribution is 2.63. The zero-order valence-corrected chi connectivity index (χ0v) is 17.5. The van der Waals surface area contributed by atoms with Crippen LogP contribution < -0.4 is 11.1 Å². The fourth-order valence-electron chi connectivity index (χ4n) is 7.52. The summed E-state index contributed by atoms with van der Waals surface area (Å²) in [6, 6.07) is 1.28. The molecule has 1 aromatic rings. The maximum atomic E-state index is 13.5. The number of nitrogens with one attached hydrogen (secondary N) is 1. The molecular formula is C22H27F3N4O3. The van der Waals surface area contributed by atoms with E-state index in [-0.39, 0.29) is 36.0 Å². The number of rotatable bonds is 4. The first-order valence-electron chi connectivity index (χ1n) is 11.2. The van der Waals surface area contributed by atoms with E-state index in [0.29, 0.717) is 25.2 Å². The van der Waals surface area contributed by atoms with Crippen LogP contribution in [-0.2, 0) is 11.0 Å². The van der Waals surface area contributed by atoms with Crippen LogP contribution in [0.4, 0.5) is 23.8 Å². The summed E-state index contributed by atoms with van der Waals surface area (Å²) >= 11 is 0. The maximum Gasteiger partial charge on any atom is 0.419 e. The summed E-state index contributed by atoms with van der Waals surface area (Å²) in [5, 5.41) is 12.8. The Morgan fingerprint density at radius 2 is 1.91 bits per heavy atom. The lowest BCUT2D eigenvalue weighted by molar-refractivity contribution is -0.154. The van der Waals surface area contributed by atoms with Gasteiger partial charge in [-0.2, -0.15) is 13.2 Å². The topological polar surface area (TPSA) is 109 Å². The summed E-state index contributed by atoms with van der Waals surface area (Å²) in [4.78, 5) is 29.7. The van der Waals surface area contributed by atoms with Crippen LogP contribution >= 0.6 is 0 Å². The summed E-state index contributed by atoms with van der Waals surface area (Å²) in [7, 11) is 0. The molecule has 2 heterocycles. The Morgan fingerprint density at radius 1 is 1.22 bits per heavy atom. The van der Waals surface area contributed by atoms with E-state index in [1.165, 1.54) is 17.2 Å². The molecule has 1 aliphatic heterocycles. The average molecular weight is 452 g/mol. The Balaban J connectivity index is 1.47. The van der Waals surface area contributed by atoms with Gasteiger partial charge in [0.1, 0.15) is 5.82 Å². The van der Waals surface area contributed by atoms with E-state index in [1.54, 1.807) is 0 Å². The number of primary amides is 1. The lowest BCUT2D eigenvalue weighted by atomic mass is 9.44. The largest absolute Gasteiger partial charge is 0.465 e. The van der Waals surface area contributed by atoms with Gasteiger partial charge in [-0.3, -0.25) is 4.79 Å². The Kier molecular flexibility index (Phi) is 4.83. The SMILES string of the molecule is NC(=O)[C@]12CC3CC(C1)C([C@@H]1C(Nc4ncccc4C(F)(F)F)CCN1C(=O)O)[C@@H](C3)C2. The minimum absolute atomic E-state index is 0.00632. The third-order valence-corrected chi connectivity index (χ3v) is 8.40. The summed E-state index contributed by atoms with van der Waals surface area (Å²) in [6.07, 6.45) is 0.0283. The fraction of sp³-hybridized carbons (Fsp3) is 0.682. The Labute approximate surface area is 183 Å². The number of hydrogen-bond donors (Lipinski definition) is 3. The van der Waals surface area contributed by atoms with Crippen molar-refractivity contribution >= 4 is 17.8 Å². The fourth-order valence-corrected chi connectivity index (χ4v) is 7.52. The molecular weight excluding hydrogens is 425 g/mol. The van der Waals surface area contributed by atoms with Crippen molar-refractivity contribution in [2.24, 2.45) is 34.8 Å². The summed E-state index contributed by atoms with van der Waals surface area (Å²) in [6.45, 7) is 0.256. The second-order valence-electron chi connectivity index (χ2n) is 10.1. The van der Waals surface area contributed by atoms with Gasteiger partial charge in [0.2, 0.25) is 5.91 Å². The molecule has 7 nitrogen and oxygen atoms in total. The number of halogens is 3. The third kappa shape index (κ3) is 3.29. The summed E-state index contributed by atoms with van der Waals surface area (Å²) < 4.78 is 40.5. The van der Waals surface area contributed by atoms with Crippen LogP contribution in [0.15, 0.2) is 18.3 Å². The highest BCUT2D eigenvalue weighted by molar-refractivity contribution is 5.81. The number of alkyl halides is 3. The number of nitrogens with zero attached hydrogens (tertiary/aromatic N) is 2. The average Bonchev–Trinajstić information content (AvgIpc) is 3.10. The lowest BCUT2D eigenvalue weighted by Gasteiger charge is -2.61. The third-order valence-electron chi connectivity index (χ3n) is 8.40. The molecule has 4 saturated carbocycles. The molecule has 0 aromatic carbocycles. The van der Waals surface area contributed by atoms with Crippen molar-refractivity contribution in [1.82, 2.24) is 9.88 Å².